The zero-order valence-electron chi connectivity index (χ0n) is 14.0. The van der Waals surface area contributed by atoms with Crippen LogP contribution in [0.5, 0.6) is 0 Å². The topological polar surface area (TPSA) is 24.7 Å². The Bertz CT molecular complexity index is 885. The molecule has 0 aromatic rings. The highest BCUT2D eigenvalue weighted by Gasteiger charge is 3.01. The Hall–Kier alpha value is 0.200. The quantitative estimate of drug-likeness (QED) is 0.207. The van der Waals surface area contributed by atoms with Gasteiger partial charge in [-0.25, -0.2) is 0 Å². The second-order valence-corrected chi connectivity index (χ2v) is 20.2. The average Bonchev–Trinajstić information content (AvgIpc) is 2.48. The van der Waals surface area contributed by atoms with Crippen LogP contribution in [0.3, 0.4) is 0 Å². The molecule has 0 bridgehead atoms. The van der Waals surface area contributed by atoms with E-state index < -0.39 is 60.2 Å². The molecule has 1 saturated heterocycles. The average molecular weight is 672 g/mol. The van der Waals surface area contributed by atoms with Gasteiger partial charge in [-0.05, 0) is 42.7 Å². The zero-order valence-corrected chi connectivity index (χ0v) is 18.7. The van der Waals surface area contributed by atoms with Gasteiger partial charge in [0.2, 0.25) is 0 Å². The van der Waals surface area contributed by atoms with E-state index in [0.29, 0.717) is 8.73 Å². The van der Waals surface area contributed by atoms with E-state index in [1.54, 1.807) is 0 Å². The molecule has 2 nitrogen and oxygen atoms in total. The standard InChI is InChI=1S/C8Cl4F18N2S2/c9-33(10,31-1(13,3(15,16)17)4(18,19)20)7(27,28)34(11,12,8(33,29)30)32-2(14,5(21,22)23)6(24,25)26. The molecular formula is C8Cl4F18N2S2. The van der Waals surface area contributed by atoms with Gasteiger partial charge >= 0.3 is 45.5 Å². The SMILES string of the molecule is FC(F)(F)C(F)(N=S1(Cl)(Cl)C(F)(F)S(Cl)(Cl)(=NC(F)(C(F)(F)F)C(F)(F)F)C1(F)F)C(F)(F)F. The van der Waals surface area contributed by atoms with E-state index >= 15 is 0 Å². The van der Waals surface area contributed by atoms with Crippen LogP contribution < -0.4 is 0 Å². The first kappa shape index (κ1) is 32.2. The molecule has 0 unspecified atom stereocenters. The van der Waals surface area contributed by atoms with Crippen LogP contribution in [0.15, 0.2) is 8.73 Å². The van der Waals surface area contributed by atoms with Gasteiger partial charge in [-0.2, -0.15) is 87.8 Å². The second kappa shape index (κ2) is 6.99. The summed E-state index contributed by atoms with van der Waals surface area (Å²) in [6.07, 6.45) is -30.4. The van der Waals surface area contributed by atoms with Crippen molar-refractivity contribution in [2.45, 2.75) is 45.5 Å². The molecule has 208 valence electrons. The number of halogens is 22. The van der Waals surface area contributed by atoms with Gasteiger partial charge in [0.25, 0.3) is 0 Å². The van der Waals surface area contributed by atoms with Gasteiger partial charge in [-0.1, -0.05) is 0 Å². The Morgan fingerprint density at radius 3 is 0.676 bits per heavy atom. The Morgan fingerprint density at radius 2 is 0.559 bits per heavy atom. The van der Waals surface area contributed by atoms with Crippen LogP contribution in [-0.2, 0) is 14.8 Å². The lowest BCUT2D eigenvalue weighted by atomic mass is 10.2. The van der Waals surface area contributed by atoms with Gasteiger partial charge < -0.3 is 0 Å². The van der Waals surface area contributed by atoms with Crippen LogP contribution in [0.4, 0.5) is 79.0 Å². The first-order chi connectivity index (χ1) is 14.0. The summed E-state index contributed by atoms with van der Waals surface area (Å²) in [7, 11) is -0.653. The van der Waals surface area contributed by atoms with E-state index in [1.165, 1.54) is 0 Å². The van der Waals surface area contributed by atoms with E-state index in [9.17, 15) is 79.0 Å². The third kappa shape index (κ3) is 3.25. The molecule has 0 N–H and O–H groups in total. The summed E-state index contributed by atoms with van der Waals surface area (Å²) in [5.74, 6) is -15.1. The fourth-order valence-electron chi connectivity index (χ4n) is 1.91. The second-order valence-electron chi connectivity index (χ2n) is 5.92. The van der Waals surface area contributed by atoms with Gasteiger partial charge in [0.1, 0.15) is 0 Å². The summed E-state index contributed by atoms with van der Waals surface area (Å²) >= 11 is 0. The van der Waals surface area contributed by atoms with Crippen LogP contribution in [0, 0.1) is 0 Å². The molecule has 0 atom stereocenters. The highest BCUT2D eigenvalue weighted by Crippen LogP contribution is 2.90. The third-order valence-electron chi connectivity index (χ3n) is 3.69. The van der Waals surface area contributed by atoms with Crippen molar-refractivity contribution in [3.05, 3.63) is 0 Å². The summed E-state index contributed by atoms with van der Waals surface area (Å²) in [4.78, 5) is 0. The molecule has 0 spiro atoms. The maximum Gasteiger partial charge on any atom is 0.454 e. The Labute approximate surface area is 190 Å². The molecule has 1 fully saturated rings. The maximum atomic E-state index is 14.6. The number of rotatable bonds is 2. The van der Waals surface area contributed by atoms with Crippen molar-refractivity contribution in [1.29, 1.82) is 0 Å². The fourth-order valence-corrected chi connectivity index (χ4v) is 21.5. The first-order valence-corrected chi connectivity index (χ1v) is 13.9. The van der Waals surface area contributed by atoms with Crippen molar-refractivity contribution < 1.29 is 79.0 Å². The lowest BCUT2D eigenvalue weighted by Gasteiger charge is -2.68. The molecule has 0 aromatic carbocycles. The molecule has 0 aromatic heterocycles. The van der Waals surface area contributed by atoms with Crippen LogP contribution >= 0.6 is 42.7 Å². The number of hydrogen-bond donors (Lipinski definition) is 0. The molecule has 0 saturated carbocycles. The highest BCUT2D eigenvalue weighted by molar-refractivity contribution is 8.81. The first-order valence-electron chi connectivity index (χ1n) is 6.65. The van der Waals surface area contributed by atoms with E-state index in [-0.39, 0.29) is 0 Å². The fraction of sp³-hybridized carbons (Fsp3) is 1.00. The van der Waals surface area contributed by atoms with Gasteiger partial charge in [0.15, 0.2) is 0 Å². The van der Waals surface area contributed by atoms with Crippen LogP contribution in [0.2, 0.25) is 0 Å². The Morgan fingerprint density at radius 1 is 0.412 bits per heavy atom. The summed E-state index contributed by atoms with van der Waals surface area (Å²) in [5, 5.41) is 0. The van der Waals surface area contributed by atoms with Crippen molar-refractivity contribution >= 4 is 57.5 Å². The zero-order chi connectivity index (χ0) is 28.3. The van der Waals surface area contributed by atoms with Crippen LogP contribution in [-0.4, -0.2) is 45.5 Å². The monoisotopic (exact) mass is 670 g/mol. The summed E-state index contributed by atoms with van der Waals surface area (Å²) in [6, 6.07) is 0. The van der Waals surface area contributed by atoms with Gasteiger partial charge in [-0.3, -0.25) is 0 Å². The predicted molar refractivity (Wildman–Crippen MR) is 84.8 cm³/mol. The van der Waals surface area contributed by atoms with Crippen molar-refractivity contribution in [2.75, 3.05) is 0 Å². The lowest BCUT2D eigenvalue weighted by molar-refractivity contribution is -0.337. The molecule has 1 aliphatic rings. The molecular weight excluding hydrogens is 672 g/mol. The minimum atomic E-state index is -9.04. The molecule has 0 radical (unpaired) electrons. The smallest absolute Gasteiger partial charge is 0.196 e. The minimum Gasteiger partial charge on any atom is -0.196 e. The Kier molecular flexibility index (Phi) is 6.62. The largest absolute Gasteiger partial charge is 0.454 e. The molecule has 26 heteroatoms. The third-order valence-corrected chi connectivity index (χ3v) is 19.6. The van der Waals surface area contributed by atoms with Crippen LogP contribution in [0.1, 0.15) is 0 Å². The molecule has 0 aliphatic carbocycles. The van der Waals surface area contributed by atoms with Gasteiger partial charge in [0, 0.05) is 0 Å². The van der Waals surface area contributed by atoms with Gasteiger partial charge in [0.05, 0.1) is 14.8 Å². The summed E-state index contributed by atoms with van der Waals surface area (Å²) < 4.78 is 224. The van der Waals surface area contributed by atoms with Crippen LogP contribution in [0.25, 0.3) is 0 Å². The molecule has 1 rings (SSSR count). The van der Waals surface area contributed by atoms with Gasteiger partial charge in [-0.15, -0.1) is 0 Å². The summed E-state index contributed by atoms with van der Waals surface area (Å²) in [6.45, 7) is 0. The highest BCUT2D eigenvalue weighted by atomic mass is 36.0. The number of hydrogen-bond acceptors (Lipinski definition) is 2. The molecule has 1 aliphatic heterocycles. The number of alkyl halides is 18. The van der Waals surface area contributed by atoms with E-state index in [4.69, 9.17) is 0 Å². The lowest BCUT2D eigenvalue weighted by Crippen LogP contribution is -2.81. The van der Waals surface area contributed by atoms with E-state index in [1.807, 2.05) is 0 Å². The van der Waals surface area contributed by atoms with E-state index in [0.717, 1.165) is 0 Å². The maximum absolute atomic E-state index is 14.6. The minimum absolute atomic E-state index is 0.457. The normalized spacial score (nSPS) is 28.3. The number of nitrogens with zero attached hydrogens (tertiary/aromatic N) is 2. The van der Waals surface area contributed by atoms with Crippen molar-refractivity contribution in [3.63, 3.8) is 0 Å². The molecule has 1 heterocycles. The molecule has 0 amide bonds. The summed E-state index contributed by atoms with van der Waals surface area (Å²) in [5.41, 5.74) is 0. The molecule has 34 heavy (non-hydrogen) atoms. The van der Waals surface area contributed by atoms with Crippen molar-refractivity contribution in [3.8, 4) is 0 Å². The van der Waals surface area contributed by atoms with Crippen molar-refractivity contribution in [1.82, 2.24) is 0 Å². The van der Waals surface area contributed by atoms with E-state index in [2.05, 4.69) is 42.7 Å². The van der Waals surface area contributed by atoms with Crippen molar-refractivity contribution in [2.24, 2.45) is 8.73 Å². The Balaban J connectivity index is 4.42. The predicted octanol–water partition coefficient (Wildman–Crippen LogP) is 9.04.